The van der Waals surface area contributed by atoms with Crippen LogP contribution in [-0.4, -0.2) is 24.7 Å². The van der Waals surface area contributed by atoms with Gasteiger partial charge in [-0.1, -0.05) is 24.3 Å². The molecule has 5 nitrogen and oxygen atoms in total. The maximum Gasteiger partial charge on any atom is 0.244 e. The van der Waals surface area contributed by atoms with Gasteiger partial charge in [0.2, 0.25) is 15.9 Å². The molecule has 0 unspecified atom stereocenters. The van der Waals surface area contributed by atoms with Gasteiger partial charge in [-0.05, 0) is 66.1 Å². The lowest BCUT2D eigenvalue weighted by Gasteiger charge is -2.35. The van der Waals surface area contributed by atoms with E-state index in [1.807, 2.05) is 18.2 Å². The number of hydrogen-bond acceptors (Lipinski definition) is 3. The van der Waals surface area contributed by atoms with Gasteiger partial charge in [-0.2, -0.15) is 4.31 Å². The molecule has 1 aliphatic heterocycles. The van der Waals surface area contributed by atoms with Gasteiger partial charge in [0, 0.05) is 12.2 Å². The number of rotatable bonds is 4. The topological polar surface area (TPSA) is 66.5 Å². The fourth-order valence-electron chi connectivity index (χ4n) is 3.48. The van der Waals surface area contributed by atoms with Crippen LogP contribution in [0.15, 0.2) is 77.7 Å². The van der Waals surface area contributed by atoms with Gasteiger partial charge in [-0.3, -0.25) is 4.79 Å². The summed E-state index contributed by atoms with van der Waals surface area (Å²) in [6.07, 6.45) is 0.184. The fraction of sp³-hybridized carbons (Fsp3) is 0.136. The molecule has 30 heavy (non-hydrogen) atoms. The zero-order valence-electron chi connectivity index (χ0n) is 15.8. The third-order valence-electron chi connectivity index (χ3n) is 5.04. The number of nitrogens with one attached hydrogen (secondary N) is 1. The summed E-state index contributed by atoms with van der Waals surface area (Å²) in [6, 6.07) is 16.0. The Morgan fingerprint density at radius 2 is 1.43 bits per heavy atom. The van der Waals surface area contributed by atoms with Crippen molar-refractivity contribution in [2.24, 2.45) is 0 Å². The van der Waals surface area contributed by atoms with Gasteiger partial charge in [0.25, 0.3) is 0 Å². The van der Waals surface area contributed by atoms with Gasteiger partial charge in [0.1, 0.15) is 17.7 Å². The zero-order chi connectivity index (χ0) is 21.3. The summed E-state index contributed by atoms with van der Waals surface area (Å²) < 4.78 is 54.2. The Morgan fingerprint density at radius 3 is 2.07 bits per heavy atom. The molecular weight excluding hydrogens is 410 g/mol. The SMILES string of the molecule is O=C(Nc1ccc(F)cc1)[C@@H]1Cc2ccccc2CN1S(=O)(=O)c1ccc(F)cc1. The molecule has 0 aromatic heterocycles. The molecule has 0 radical (unpaired) electrons. The molecule has 0 aliphatic carbocycles. The summed E-state index contributed by atoms with van der Waals surface area (Å²) in [5.41, 5.74) is 2.04. The number of carbonyl (C=O) groups excluding carboxylic acids is 1. The molecular formula is C22H18F2N2O3S. The fourth-order valence-corrected chi connectivity index (χ4v) is 5.04. The molecule has 0 bridgehead atoms. The lowest BCUT2D eigenvalue weighted by molar-refractivity contribution is -0.120. The molecule has 154 valence electrons. The monoisotopic (exact) mass is 428 g/mol. The first-order valence-electron chi connectivity index (χ1n) is 9.25. The van der Waals surface area contributed by atoms with Gasteiger partial charge < -0.3 is 5.32 Å². The second-order valence-corrected chi connectivity index (χ2v) is 8.88. The highest BCUT2D eigenvalue weighted by Gasteiger charge is 2.39. The summed E-state index contributed by atoms with van der Waals surface area (Å²) >= 11 is 0. The molecule has 1 aliphatic rings. The first-order valence-corrected chi connectivity index (χ1v) is 10.7. The van der Waals surface area contributed by atoms with E-state index in [0.29, 0.717) is 5.69 Å². The zero-order valence-corrected chi connectivity index (χ0v) is 16.6. The summed E-state index contributed by atoms with van der Waals surface area (Å²) in [7, 11) is -4.07. The Bertz CT molecular complexity index is 1180. The summed E-state index contributed by atoms with van der Waals surface area (Å²) in [6.45, 7) is 0.0113. The minimum Gasteiger partial charge on any atom is -0.325 e. The molecule has 3 aromatic carbocycles. The van der Waals surface area contributed by atoms with E-state index in [1.165, 1.54) is 36.4 Å². The van der Waals surface area contributed by atoms with Crippen molar-refractivity contribution in [1.82, 2.24) is 4.31 Å². The summed E-state index contributed by atoms with van der Waals surface area (Å²) in [5, 5.41) is 2.66. The maximum absolute atomic E-state index is 13.3. The minimum absolute atomic E-state index is 0.0113. The Kier molecular flexibility index (Phi) is 5.36. The van der Waals surface area contributed by atoms with Crippen molar-refractivity contribution in [2.75, 3.05) is 5.32 Å². The van der Waals surface area contributed by atoms with E-state index in [0.717, 1.165) is 27.6 Å². The first kappa shape index (κ1) is 20.2. The number of fused-ring (bicyclic) bond motifs is 1. The number of benzene rings is 3. The third-order valence-corrected chi connectivity index (χ3v) is 6.91. The molecule has 0 spiro atoms. The van der Waals surface area contributed by atoms with Crippen molar-refractivity contribution in [2.45, 2.75) is 23.9 Å². The van der Waals surface area contributed by atoms with Gasteiger partial charge in [0.15, 0.2) is 0 Å². The number of sulfonamides is 1. The van der Waals surface area contributed by atoms with Crippen LogP contribution in [0.25, 0.3) is 0 Å². The van der Waals surface area contributed by atoms with Crippen LogP contribution in [0.3, 0.4) is 0 Å². The molecule has 1 atom stereocenters. The van der Waals surface area contributed by atoms with Crippen molar-refractivity contribution in [1.29, 1.82) is 0 Å². The molecule has 8 heteroatoms. The lowest BCUT2D eigenvalue weighted by atomic mass is 9.95. The molecule has 3 aromatic rings. The van der Waals surface area contributed by atoms with Gasteiger partial charge >= 0.3 is 0 Å². The van der Waals surface area contributed by atoms with Crippen LogP contribution in [0, 0.1) is 11.6 Å². The molecule has 0 saturated heterocycles. The van der Waals surface area contributed by atoms with E-state index < -0.39 is 33.6 Å². The highest BCUT2D eigenvalue weighted by atomic mass is 32.2. The van der Waals surface area contributed by atoms with Crippen LogP contribution in [-0.2, 0) is 27.8 Å². The van der Waals surface area contributed by atoms with Crippen LogP contribution in [0.4, 0.5) is 14.5 Å². The van der Waals surface area contributed by atoms with Crippen LogP contribution in [0.2, 0.25) is 0 Å². The predicted octanol–water partition coefficient (Wildman–Crippen LogP) is 3.72. The second kappa shape index (κ2) is 7.97. The highest BCUT2D eigenvalue weighted by Crippen LogP contribution is 2.30. The Balaban J connectivity index is 1.70. The average molecular weight is 428 g/mol. The van der Waals surface area contributed by atoms with E-state index in [9.17, 15) is 22.0 Å². The Hall–Kier alpha value is -3.10. The predicted molar refractivity (Wildman–Crippen MR) is 108 cm³/mol. The number of anilines is 1. The van der Waals surface area contributed by atoms with E-state index in [-0.39, 0.29) is 17.9 Å². The van der Waals surface area contributed by atoms with Crippen molar-refractivity contribution in [3.8, 4) is 0 Å². The van der Waals surface area contributed by atoms with Gasteiger partial charge in [0.05, 0.1) is 4.90 Å². The average Bonchev–Trinajstić information content (AvgIpc) is 2.74. The number of amides is 1. The number of nitrogens with zero attached hydrogens (tertiary/aromatic N) is 1. The van der Waals surface area contributed by atoms with Crippen molar-refractivity contribution >= 4 is 21.6 Å². The van der Waals surface area contributed by atoms with Crippen LogP contribution in [0.5, 0.6) is 0 Å². The Labute approximate surface area is 173 Å². The van der Waals surface area contributed by atoms with Gasteiger partial charge in [-0.25, -0.2) is 17.2 Å². The van der Waals surface area contributed by atoms with Gasteiger partial charge in [-0.15, -0.1) is 0 Å². The van der Waals surface area contributed by atoms with Crippen molar-refractivity contribution in [3.05, 3.63) is 95.6 Å². The van der Waals surface area contributed by atoms with Crippen molar-refractivity contribution < 1.29 is 22.0 Å². The van der Waals surface area contributed by atoms with Crippen LogP contribution < -0.4 is 5.32 Å². The molecule has 1 heterocycles. The lowest BCUT2D eigenvalue weighted by Crippen LogP contribution is -2.50. The quantitative estimate of drug-likeness (QED) is 0.689. The molecule has 4 rings (SSSR count). The standard InChI is InChI=1S/C22H18F2N2O3S/c23-17-5-9-19(10-6-17)25-22(27)21-13-15-3-1-2-4-16(15)14-26(21)30(28,29)20-11-7-18(24)8-12-20/h1-12,21H,13-14H2,(H,25,27)/t21-/m0/s1. The molecule has 0 saturated carbocycles. The smallest absolute Gasteiger partial charge is 0.244 e. The van der Waals surface area contributed by atoms with E-state index in [2.05, 4.69) is 5.32 Å². The van der Waals surface area contributed by atoms with Crippen LogP contribution in [0.1, 0.15) is 11.1 Å². The highest BCUT2D eigenvalue weighted by molar-refractivity contribution is 7.89. The van der Waals surface area contributed by atoms with Crippen molar-refractivity contribution in [3.63, 3.8) is 0 Å². The summed E-state index contributed by atoms with van der Waals surface area (Å²) in [5.74, 6) is -1.52. The molecule has 1 N–H and O–H groups in total. The number of halogens is 2. The molecule has 0 fully saturated rings. The Morgan fingerprint density at radius 1 is 0.867 bits per heavy atom. The normalized spacial score (nSPS) is 16.7. The largest absolute Gasteiger partial charge is 0.325 e. The van der Waals surface area contributed by atoms with Crippen LogP contribution >= 0.6 is 0 Å². The summed E-state index contributed by atoms with van der Waals surface area (Å²) in [4.78, 5) is 12.9. The molecule has 1 amide bonds. The number of carbonyl (C=O) groups is 1. The van der Waals surface area contributed by atoms with E-state index in [4.69, 9.17) is 0 Å². The maximum atomic E-state index is 13.3. The number of hydrogen-bond donors (Lipinski definition) is 1. The van der Waals surface area contributed by atoms with E-state index in [1.54, 1.807) is 6.07 Å². The first-order chi connectivity index (χ1) is 14.3. The van der Waals surface area contributed by atoms with E-state index >= 15 is 0 Å². The third kappa shape index (κ3) is 3.96. The minimum atomic E-state index is -4.07. The second-order valence-electron chi connectivity index (χ2n) is 6.99.